The van der Waals surface area contributed by atoms with E-state index in [-0.39, 0.29) is 5.91 Å². The summed E-state index contributed by atoms with van der Waals surface area (Å²) in [6.07, 6.45) is 0. The molecule has 3 aromatic rings. The average Bonchev–Trinajstić information content (AvgIpc) is 3.33. The summed E-state index contributed by atoms with van der Waals surface area (Å²) in [5.74, 6) is 1.34. The molecule has 0 N–H and O–H groups in total. The van der Waals surface area contributed by atoms with E-state index in [1.807, 2.05) is 22.5 Å². The first-order chi connectivity index (χ1) is 14.9. The van der Waals surface area contributed by atoms with Gasteiger partial charge >= 0.3 is 0 Å². The molecule has 31 heavy (non-hydrogen) atoms. The van der Waals surface area contributed by atoms with Crippen LogP contribution in [0.15, 0.2) is 35.5 Å². The molecule has 1 fully saturated rings. The molecule has 0 radical (unpaired) electrons. The van der Waals surface area contributed by atoms with Crippen LogP contribution in [-0.2, 0) is 11.3 Å². The summed E-state index contributed by atoms with van der Waals surface area (Å²) in [4.78, 5) is 18.4. The van der Waals surface area contributed by atoms with Crippen molar-refractivity contribution < 1.29 is 4.79 Å². The topological polar surface area (TPSA) is 54.3 Å². The highest BCUT2D eigenvalue weighted by Gasteiger charge is 2.23. The molecule has 1 aromatic carbocycles. The van der Waals surface area contributed by atoms with Crippen molar-refractivity contribution in [3.63, 3.8) is 0 Å². The maximum absolute atomic E-state index is 12.8. The van der Waals surface area contributed by atoms with Crippen molar-refractivity contribution in [3.8, 4) is 5.69 Å². The van der Waals surface area contributed by atoms with Crippen LogP contribution in [0.4, 0.5) is 0 Å². The summed E-state index contributed by atoms with van der Waals surface area (Å²) in [5.41, 5.74) is 3.41. The average molecular weight is 476 g/mol. The van der Waals surface area contributed by atoms with Gasteiger partial charge in [-0.25, -0.2) is 0 Å². The number of piperazine rings is 1. The van der Waals surface area contributed by atoms with Crippen LogP contribution in [0.1, 0.15) is 21.8 Å². The zero-order valence-electron chi connectivity index (χ0n) is 18.0. The normalized spacial score (nSPS) is 14.9. The van der Waals surface area contributed by atoms with Crippen LogP contribution in [0.25, 0.3) is 5.69 Å². The Labute approximate surface area is 196 Å². The second-order valence-electron chi connectivity index (χ2n) is 7.81. The number of hydrogen-bond acceptors (Lipinski definition) is 6. The number of halogens is 1. The number of aryl methyl sites for hydroxylation is 3. The minimum atomic E-state index is 0.150. The first-order valence-corrected chi connectivity index (χ1v) is 12.5. The van der Waals surface area contributed by atoms with Crippen molar-refractivity contribution in [2.45, 2.75) is 32.5 Å². The lowest BCUT2D eigenvalue weighted by Crippen LogP contribution is -2.48. The molecule has 0 bridgehead atoms. The molecule has 1 amide bonds. The van der Waals surface area contributed by atoms with Crippen LogP contribution in [0.5, 0.6) is 0 Å². The van der Waals surface area contributed by atoms with Gasteiger partial charge in [-0.1, -0.05) is 35.5 Å². The summed E-state index contributed by atoms with van der Waals surface area (Å²) in [7, 11) is 0. The third kappa shape index (κ3) is 5.31. The second-order valence-corrected chi connectivity index (χ2v) is 10.5. The SMILES string of the molecule is Cc1ccc(C)c(-n2c(C)nnc2SCC(=O)N2CCN(Cc3ccc(Cl)s3)CC2)c1. The Balaban J connectivity index is 1.34. The number of thiophene rings is 1. The predicted molar refractivity (Wildman–Crippen MR) is 127 cm³/mol. The minimum Gasteiger partial charge on any atom is -0.339 e. The van der Waals surface area contributed by atoms with Gasteiger partial charge in [-0.05, 0) is 50.1 Å². The van der Waals surface area contributed by atoms with Gasteiger partial charge in [0.25, 0.3) is 0 Å². The Morgan fingerprint density at radius 1 is 1.10 bits per heavy atom. The van der Waals surface area contributed by atoms with E-state index < -0.39 is 0 Å². The van der Waals surface area contributed by atoms with Crippen LogP contribution in [0, 0.1) is 20.8 Å². The van der Waals surface area contributed by atoms with Gasteiger partial charge in [-0.2, -0.15) is 0 Å². The van der Waals surface area contributed by atoms with Crippen molar-refractivity contribution in [3.05, 3.63) is 56.5 Å². The molecule has 9 heteroatoms. The zero-order valence-corrected chi connectivity index (χ0v) is 20.4. The van der Waals surface area contributed by atoms with E-state index in [4.69, 9.17) is 11.6 Å². The van der Waals surface area contributed by atoms with Crippen LogP contribution in [-0.4, -0.2) is 62.4 Å². The molecule has 2 aromatic heterocycles. The van der Waals surface area contributed by atoms with E-state index >= 15 is 0 Å². The molecule has 1 aliphatic heterocycles. The van der Waals surface area contributed by atoms with E-state index in [0.717, 1.165) is 59.3 Å². The maximum atomic E-state index is 12.8. The highest BCUT2D eigenvalue weighted by Crippen LogP contribution is 2.26. The Morgan fingerprint density at radius 3 is 2.58 bits per heavy atom. The Morgan fingerprint density at radius 2 is 1.87 bits per heavy atom. The van der Waals surface area contributed by atoms with E-state index in [0.29, 0.717) is 5.75 Å². The van der Waals surface area contributed by atoms with Crippen molar-refractivity contribution in [1.82, 2.24) is 24.6 Å². The molecular formula is C22H26ClN5OS2. The molecule has 4 rings (SSSR count). The minimum absolute atomic E-state index is 0.150. The van der Waals surface area contributed by atoms with Crippen molar-refractivity contribution in [2.24, 2.45) is 0 Å². The number of nitrogens with zero attached hydrogens (tertiary/aromatic N) is 5. The summed E-state index contributed by atoms with van der Waals surface area (Å²) in [6, 6.07) is 10.4. The molecule has 164 valence electrons. The molecular weight excluding hydrogens is 450 g/mol. The standard InChI is InChI=1S/C22H26ClN5OS2/c1-15-4-5-16(2)19(12-15)28-17(3)24-25-22(28)30-14-21(29)27-10-8-26(9-11-27)13-18-6-7-20(23)31-18/h4-7,12H,8-11,13-14H2,1-3H3. The van der Waals surface area contributed by atoms with Crippen molar-refractivity contribution in [1.29, 1.82) is 0 Å². The molecule has 3 heterocycles. The van der Waals surface area contributed by atoms with Gasteiger partial charge in [0.1, 0.15) is 5.82 Å². The van der Waals surface area contributed by atoms with Gasteiger partial charge in [-0.15, -0.1) is 21.5 Å². The highest BCUT2D eigenvalue weighted by molar-refractivity contribution is 7.99. The highest BCUT2D eigenvalue weighted by atomic mass is 35.5. The molecule has 0 unspecified atom stereocenters. The van der Waals surface area contributed by atoms with Crippen molar-refractivity contribution >= 4 is 40.6 Å². The fourth-order valence-electron chi connectivity index (χ4n) is 3.70. The molecule has 0 aliphatic carbocycles. The smallest absolute Gasteiger partial charge is 0.233 e. The van der Waals surface area contributed by atoms with Gasteiger partial charge in [0, 0.05) is 37.6 Å². The summed E-state index contributed by atoms with van der Waals surface area (Å²) >= 11 is 9.11. The van der Waals surface area contributed by atoms with Gasteiger partial charge in [-0.3, -0.25) is 14.3 Å². The summed E-state index contributed by atoms with van der Waals surface area (Å²) in [5, 5.41) is 9.34. The number of carbonyl (C=O) groups is 1. The van der Waals surface area contributed by atoms with E-state index in [2.05, 4.69) is 53.2 Å². The molecule has 1 saturated heterocycles. The van der Waals surface area contributed by atoms with Gasteiger partial charge in [0.2, 0.25) is 5.91 Å². The number of hydrogen-bond donors (Lipinski definition) is 0. The molecule has 0 atom stereocenters. The first-order valence-electron chi connectivity index (χ1n) is 10.3. The Kier molecular flexibility index (Phi) is 7.01. The van der Waals surface area contributed by atoms with Gasteiger partial charge < -0.3 is 4.90 Å². The van der Waals surface area contributed by atoms with Crippen LogP contribution < -0.4 is 0 Å². The molecule has 0 spiro atoms. The number of thioether (sulfide) groups is 1. The first kappa shape index (κ1) is 22.3. The number of benzene rings is 1. The number of aromatic nitrogens is 3. The second kappa shape index (κ2) is 9.73. The van der Waals surface area contributed by atoms with Gasteiger partial charge in [0.05, 0.1) is 15.8 Å². The number of rotatable bonds is 6. The Bertz CT molecular complexity index is 1070. The zero-order chi connectivity index (χ0) is 22.0. The summed E-state index contributed by atoms with van der Waals surface area (Å²) < 4.78 is 2.87. The molecule has 1 aliphatic rings. The van der Waals surface area contributed by atoms with Crippen LogP contribution in [0.2, 0.25) is 4.34 Å². The fraction of sp³-hybridized carbons (Fsp3) is 0.409. The quantitative estimate of drug-likeness (QED) is 0.496. The molecule has 6 nitrogen and oxygen atoms in total. The van der Waals surface area contributed by atoms with Gasteiger partial charge in [0.15, 0.2) is 5.16 Å². The predicted octanol–water partition coefficient (Wildman–Crippen LogP) is 4.34. The van der Waals surface area contributed by atoms with Crippen LogP contribution in [0.3, 0.4) is 0 Å². The maximum Gasteiger partial charge on any atom is 0.233 e. The summed E-state index contributed by atoms with van der Waals surface area (Å²) in [6.45, 7) is 10.3. The monoisotopic (exact) mass is 475 g/mol. The van der Waals surface area contributed by atoms with E-state index in [1.54, 1.807) is 11.3 Å². The van der Waals surface area contributed by atoms with Crippen molar-refractivity contribution in [2.75, 3.05) is 31.9 Å². The van der Waals surface area contributed by atoms with E-state index in [9.17, 15) is 4.79 Å². The lowest BCUT2D eigenvalue weighted by Gasteiger charge is -2.34. The largest absolute Gasteiger partial charge is 0.339 e. The molecule has 0 saturated carbocycles. The fourth-order valence-corrected chi connectivity index (χ4v) is 5.73. The number of amides is 1. The third-order valence-electron chi connectivity index (χ3n) is 5.46. The lowest BCUT2D eigenvalue weighted by molar-refractivity contribution is -0.130. The third-order valence-corrected chi connectivity index (χ3v) is 7.59. The van der Waals surface area contributed by atoms with E-state index in [1.165, 1.54) is 22.2 Å². The van der Waals surface area contributed by atoms with Crippen LogP contribution >= 0.6 is 34.7 Å². The Hall–Kier alpha value is -1.87. The lowest BCUT2D eigenvalue weighted by atomic mass is 10.1. The number of carbonyl (C=O) groups excluding carboxylic acids is 1.